The molecule has 0 bridgehead atoms. The van der Waals surface area contributed by atoms with Gasteiger partial charge in [-0.2, -0.15) is 0 Å². The third kappa shape index (κ3) is 3.53. The zero-order valence-electron chi connectivity index (χ0n) is 13.0. The number of hydrogen-bond acceptors (Lipinski definition) is 2. The van der Waals surface area contributed by atoms with Crippen LogP contribution in [0.4, 0.5) is 0 Å². The molecule has 0 amide bonds. The number of nitrogens with zero attached hydrogens (tertiary/aromatic N) is 1. The number of nitrogens with one attached hydrogen (secondary N) is 2. The molecule has 0 unspecified atom stereocenters. The van der Waals surface area contributed by atoms with Crippen molar-refractivity contribution in [1.82, 2.24) is 15.3 Å². The van der Waals surface area contributed by atoms with Crippen LogP contribution < -0.4 is 5.32 Å². The quantitative estimate of drug-likeness (QED) is 0.862. The van der Waals surface area contributed by atoms with Gasteiger partial charge in [0.1, 0.15) is 5.82 Å². The van der Waals surface area contributed by atoms with Crippen molar-refractivity contribution in [1.29, 1.82) is 0 Å². The van der Waals surface area contributed by atoms with Crippen molar-refractivity contribution in [2.24, 2.45) is 0 Å². The first-order valence-corrected chi connectivity index (χ1v) is 8.10. The van der Waals surface area contributed by atoms with Crippen LogP contribution in [0.5, 0.6) is 0 Å². The molecule has 1 aromatic carbocycles. The zero-order valence-corrected chi connectivity index (χ0v) is 13.0. The monoisotopic (exact) mass is 283 g/mol. The summed E-state index contributed by atoms with van der Waals surface area (Å²) in [4.78, 5) is 7.92. The SMILES string of the molecule is CC(C)c1ccc(-c2cnc(CNC3CCCC3)[nH]2)cc1. The Kier molecular flexibility index (Phi) is 4.39. The van der Waals surface area contributed by atoms with Crippen LogP contribution in [0.3, 0.4) is 0 Å². The Hall–Kier alpha value is -1.61. The number of imidazole rings is 1. The van der Waals surface area contributed by atoms with Crippen molar-refractivity contribution in [2.45, 2.75) is 58.0 Å². The van der Waals surface area contributed by atoms with Gasteiger partial charge in [0.25, 0.3) is 0 Å². The topological polar surface area (TPSA) is 40.7 Å². The molecule has 0 atom stereocenters. The lowest BCUT2D eigenvalue weighted by Crippen LogP contribution is -2.25. The second-order valence-electron chi connectivity index (χ2n) is 6.38. The van der Waals surface area contributed by atoms with Gasteiger partial charge in [0.05, 0.1) is 18.4 Å². The Bertz CT molecular complexity index is 562. The molecule has 0 radical (unpaired) electrons. The second-order valence-corrected chi connectivity index (χ2v) is 6.38. The van der Waals surface area contributed by atoms with Crippen LogP contribution in [0.25, 0.3) is 11.3 Å². The van der Waals surface area contributed by atoms with E-state index in [4.69, 9.17) is 0 Å². The number of benzene rings is 1. The van der Waals surface area contributed by atoms with E-state index >= 15 is 0 Å². The van der Waals surface area contributed by atoms with E-state index in [-0.39, 0.29) is 0 Å². The third-order valence-electron chi connectivity index (χ3n) is 4.43. The number of H-pyrrole nitrogens is 1. The van der Waals surface area contributed by atoms with E-state index in [1.165, 1.54) is 36.8 Å². The second kappa shape index (κ2) is 6.44. The summed E-state index contributed by atoms with van der Waals surface area (Å²) in [5.74, 6) is 1.61. The van der Waals surface area contributed by atoms with Crippen molar-refractivity contribution in [3.8, 4) is 11.3 Å². The Morgan fingerprint density at radius 3 is 2.57 bits per heavy atom. The summed E-state index contributed by atoms with van der Waals surface area (Å²) in [7, 11) is 0. The highest BCUT2D eigenvalue weighted by molar-refractivity contribution is 5.58. The molecular weight excluding hydrogens is 258 g/mol. The molecule has 1 aromatic heterocycles. The molecule has 3 rings (SSSR count). The molecule has 1 aliphatic rings. The summed E-state index contributed by atoms with van der Waals surface area (Å²) in [6, 6.07) is 9.45. The number of aromatic nitrogens is 2. The van der Waals surface area contributed by atoms with Gasteiger partial charge in [-0.3, -0.25) is 0 Å². The number of aromatic amines is 1. The van der Waals surface area contributed by atoms with Crippen LogP contribution in [0.1, 0.15) is 56.8 Å². The first-order valence-electron chi connectivity index (χ1n) is 8.10. The van der Waals surface area contributed by atoms with Crippen molar-refractivity contribution in [3.05, 3.63) is 41.9 Å². The molecule has 21 heavy (non-hydrogen) atoms. The van der Waals surface area contributed by atoms with E-state index in [0.29, 0.717) is 12.0 Å². The molecular formula is C18H25N3. The fraction of sp³-hybridized carbons (Fsp3) is 0.500. The Morgan fingerprint density at radius 2 is 1.90 bits per heavy atom. The average Bonchev–Trinajstić information content (AvgIpc) is 3.17. The minimum absolute atomic E-state index is 0.576. The maximum atomic E-state index is 4.49. The smallest absolute Gasteiger partial charge is 0.120 e. The highest BCUT2D eigenvalue weighted by atomic mass is 15.0. The summed E-state index contributed by atoms with van der Waals surface area (Å²) in [6.07, 6.45) is 7.29. The lowest BCUT2D eigenvalue weighted by molar-refractivity contribution is 0.515. The van der Waals surface area contributed by atoms with Gasteiger partial charge >= 0.3 is 0 Å². The van der Waals surface area contributed by atoms with Gasteiger partial charge in [-0.05, 0) is 29.9 Å². The van der Waals surface area contributed by atoms with Crippen LogP contribution in [-0.4, -0.2) is 16.0 Å². The third-order valence-corrected chi connectivity index (χ3v) is 4.43. The van der Waals surface area contributed by atoms with E-state index in [0.717, 1.165) is 18.1 Å². The molecule has 1 heterocycles. The zero-order chi connectivity index (χ0) is 14.7. The first-order chi connectivity index (χ1) is 10.2. The molecule has 2 aromatic rings. The van der Waals surface area contributed by atoms with E-state index < -0.39 is 0 Å². The molecule has 1 saturated carbocycles. The van der Waals surface area contributed by atoms with Gasteiger partial charge in [-0.1, -0.05) is 51.0 Å². The molecule has 1 fully saturated rings. The van der Waals surface area contributed by atoms with Crippen LogP contribution in [0.2, 0.25) is 0 Å². The summed E-state index contributed by atoms with van der Waals surface area (Å²) in [6.45, 7) is 5.28. The van der Waals surface area contributed by atoms with Gasteiger partial charge in [0.15, 0.2) is 0 Å². The van der Waals surface area contributed by atoms with Crippen molar-refractivity contribution in [2.75, 3.05) is 0 Å². The lowest BCUT2D eigenvalue weighted by atomic mass is 10.0. The van der Waals surface area contributed by atoms with E-state index in [1.54, 1.807) is 0 Å². The molecule has 0 saturated heterocycles. The predicted octanol–water partition coefficient (Wildman–Crippen LogP) is 4.23. The molecule has 3 heteroatoms. The minimum Gasteiger partial charge on any atom is -0.341 e. The van der Waals surface area contributed by atoms with Gasteiger partial charge in [0, 0.05) is 6.04 Å². The fourth-order valence-electron chi connectivity index (χ4n) is 3.02. The highest BCUT2D eigenvalue weighted by Crippen LogP contribution is 2.22. The van der Waals surface area contributed by atoms with Crippen molar-refractivity contribution < 1.29 is 0 Å². The van der Waals surface area contributed by atoms with Crippen molar-refractivity contribution in [3.63, 3.8) is 0 Å². The van der Waals surface area contributed by atoms with Crippen molar-refractivity contribution >= 4 is 0 Å². The van der Waals surface area contributed by atoms with Crippen LogP contribution in [0, 0.1) is 0 Å². The predicted molar refractivity (Wildman–Crippen MR) is 87.2 cm³/mol. The largest absolute Gasteiger partial charge is 0.341 e. The summed E-state index contributed by atoms with van der Waals surface area (Å²) >= 11 is 0. The summed E-state index contributed by atoms with van der Waals surface area (Å²) in [5.41, 5.74) is 3.69. The molecule has 3 nitrogen and oxygen atoms in total. The highest BCUT2D eigenvalue weighted by Gasteiger charge is 2.14. The summed E-state index contributed by atoms with van der Waals surface area (Å²) in [5, 5.41) is 3.59. The first kappa shape index (κ1) is 14.3. The molecule has 2 N–H and O–H groups in total. The number of hydrogen-bond donors (Lipinski definition) is 2. The molecule has 0 aliphatic heterocycles. The van der Waals surface area contributed by atoms with Crippen LogP contribution >= 0.6 is 0 Å². The Balaban J connectivity index is 1.63. The molecule has 0 spiro atoms. The molecule has 112 valence electrons. The lowest BCUT2D eigenvalue weighted by Gasteiger charge is -2.09. The summed E-state index contributed by atoms with van der Waals surface area (Å²) < 4.78 is 0. The van der Waals surface area contributed by atoms with E-state index in [9.17, 15) is 0 Å². The van der Waals surface area contributed by atoms with Gasteiger partial charge in [-0.15, -0.1) is 0 Å². The normalized spacial score (nSPS) is 16.0. The Labute approximate surface area is 127 Å². The van der Waals surface area contributed by atoms with E-state index in [1.807, 2.05) is 6.20 Å². The number of rotatable bonds is 5. The maximum Gasteiger partial charge on any atom is 0.120 e. The van der Waals surface area contributed by atoms with Gasteiger partial charge < -0.3 is 10.3 Å². The minimum atomic E-state index is 0.576. The van der Waals surface area contributed by atoms with Gasteiger partial charge in [0.2, 0.25) is 0 Å². The van der Waals surface area contributed by atoms with Crippen LogP contribution in [-0.2, 0) is 6.54 Å². The van der Waals surface area contributed by atoms with Gasteiger partial charge in [-0.25, -0.2) is 4.98 Å². The van der Waals surface area contributed by atoms with E-state index in [2.05, 4.69) is 53.4 Å². The fourth-order valence-corrected chi connectivity index (χ4v) is 3.02. The van der Waals surface area contributed by atoms with Crippen LogP contribution in [0.15, 0.2) is 30.5 Å². The average molecular weight is 283 g/mol. The molecule has 1 aliphatic carbocycles. The standard InChI is InChI=1S/C18H25N3/c1-13(2)14-7-9-15(10-8-14)17-11-20-18(21-17)12-19-16-5-3-4-6-16/h7-11,13,16,19H,3-6,12H2,1-2H3,(H,20,21). The maximum absolute atomic E-state index is 4.49. The Morgan fingerprint density at radius 1 is 1.19 bits per heavy atom.